The van der Waals surface area contributed by atoms with E-state index in [1.54, 1.807) is 0 Å². The van der Waals surface area contributed by atoms with Gasteiger partial charge in [0.1, 0.15) is 0 Å². The maximum Gasteiger partial charge on any atom is 0.0818 e. The standard InChI is InChI=1S/C13H27NOS/c1-4-7-14-12(6-5-11(2)3)13-10-16-9-8-15-13/h11-14H,4-10H2,1-3H3. The molecule has 1 saturated heterocycles. The molecule has 2 atom stereocenters. The molecular formula is C13H27NOS. The van der Waals surface area contributed by atoms with Crippen LogP contribution in [0.25, 0.3) is 0 Å². The molecule has 0 aliphatic carbocycles. The number of thioether (sulfide) groups is 1. The first kappa shape index (κ1) is 14.3. The summed E-state index contributed by atoms with van der Waals surface area (Å²) in [5, 5.41) is 3.66. The van der Waals surface area contributed by atoms with Crippen LogP contribution in [0.1, 0.15) is 40.0 Å². The highest BCUT2D eigenvalue weighted by Gasteiger charge is 2.24. The topological polar surface area (TPSA) is 21.3 Å². The van der Waals surface area contributed by atoms with Crippen LogP contribution in [-0.4, -0.2) is 36.8 Å². The van der Waals surface area contributed by atoms with Gasteiger partial charge in [0.05, 0.1) is 12.7 Å². The molecule has 0 radical (unpaired) electrons. The Balaban J connectivity index is 2.34. The Morgan fingerprint density at radius 2 is 2.19 bits per heavy atom. The van der Waals surface area contributed by atoms with Crippen molar-refractivity contribution in [2.45, 2.75) is 52.2 Å². The molecule has 1 rings (SSSR count). The van der Waals surface area contributed by atoms with Crippen molar-refractivity contribution in [2.75, 3.05) is 24.7 Å². The molecule has 16 heavy (non-hydrogen) atoms. The molecule has 1 heterocycles. The fourth-order valence-corrected chi connectivity index (χ4v) is 2.94. The van der Waals surface area contributed by atoms with Gasteiger partial charge in [-0.25, -0.2) is 0 Å². The van der Waals surface area contributed by atoms with Crippen molar-refractivity contribution in [3.05, 3.63) is 0 Å². The van der Waals surface area contributed by atoms with Gasteiger partial charge in [-0.3, -0.25) is 0 Å². The van der Waals surface area contributed by atoms with Crippen molar-refractivity contribution in [3.63, 3.8) is 0 Å². The normalized spacial score (nSPS) is 23.6. The lowest BCUT2D eigenvalue weighted by Crippen LogP contribution is -2.45. The van der Waals surface area contributed by atoms with Crippen LogP contribution in [0.2, 0.25) is 0 Å². The molecule has 1 fully saturated rings. The lowest BCUT2D eigenvalue weighted by molar-refractivity contribution is 0.0434. The summed E-state index contributed by atoms with van der Waals surface area (Å²) in [6.07, 6.45) is 4.19. The molecule has 0 bridgehead atoms. The minimum Gasteiger partial charge on any atom is -0.375 e. The van der Waals surface area contributed by atoms with Crippen LogP contribution in [0.15, 0.2) is 0 Å². The maximum atomic E-state index is 5.89. The van der Waals surface area contributed by atoms with Gasteiger partial charge >= 0.3 is 0 Å². The van der Waals surface area contributed by atoms with Gasteiger partial charge in [0.15, 0.2) is 0 Å². The molecule has 0 amide bonds. The van der Waals surface area contributed by atoms with Crippen LogP contribution in [-0.2, 0) is 4.74 Å². The first-order valence-corrected chi connectivity index (χ1v) is 7.82. The quantitative estimate of drug-likeness (QED) is 0.745. The zero-order valence-electron chi connectivity index (χ0n) is 11.0. The van der Waals surface area contributed by atoms with E-state index in [4.69, 9.17) is 4.74 Å². The second kappa shape index (κ2) is 8.37. The Bertz CT molecular complexity index is 169. The summed E-state index contributed by atoms with van der Waals surface area (Å²) in [5.74, 6) is 3.13. The third-order valence-electron chi connectivity index (χ3n) is 3.00. The van der Waals surface area contributed by atoms with Gasteiger partial charge in [-0.1, -0.05) is 20.8 Å². The summed E-state index contributed by atoms with van der Waals surface area (Å²) in [6, 6.07) is 0.565. The van der Waals surface area contributed by atoms with Gasteiger partial charge in [0.2, 0.25) is 0 Å². The Hall–Kier alpha value is 0.270. The van der Waals surface area contributed by atoms with Crippen molar-refractivity contribution >= 4 is 11.8 Å². The van der Waals surface area contributed by atoms with Crippen molar-refractivity contribution in [3.8, 4) is 0 Å². The van der Waals surface area contributed by atoms with Gasteiger partial charge in [-0.05, 0) is 31.7 Å². The van der Waals surface area contributed by atoms with Crippen molar-refractivity contribution in [1.82, 2.24) is 5.32 Å². The average Bonchev–Trinajstić information content (AvgIpc) is 2.30. The van der Waals surface area contributed by atoms with Gasteiger partial charge in [-0.2, -0.15) is 11.8 Å². The smallest absolute Gasteiger partial charge is 0.0818 e. The highest BCUT2D eigenvalue weighted by Crippen LogP contribution is 2.19. The van der Waals surface area contributed by atoms with Gasteiger partial charge in [-0.15, -0.1) is 0 Å². The minimum absolute atomic E-state index is 0.434. The fraction of sp³-hybridized carbons (Fsp3) is 1.00. The molecule has 0 aromatic carbocycles. The number of nitrogens with one attached hydrogen (secondary N) is 1. The molecule has 0 saturated carbocycles. The SMILES string of the molecule is CCCNC(CCC(C)C)C1CSCCO1. The molecule has 2 nitrogen and oxygen atoms in total. The minimum atomic E-state index is 0.434. The van der Waals surface area contributed by atoms with E-state index in [1.165, 1.54) is 30.8 Å². The summed E-state index contributed by atoms with van der Waals surface area (Å²) < 4.78 is 5.89. The van der Waals surface area contributed by atoms with E-state index in [0.29, 0.717) is 12.1 Å². The van der Waals surface area contributed by atoms with Crippen LogP contribution in [0.5, 0.6) is 0 Å². The van der Waals surface area contributed by atoms with E-state index in [-0.39, 0.29) is 0 Å². The molecule has 1 N–H and O–H groups in total. The summed E-state index contributed by atoms with van der Waals surface area (Å²) in [4.78, 5) is 0. The molecule has 1 aliphatic rings. The molecule has 2 unspecified atom stereocenters. The predicted molar refractivity (Wildman–Crippen MR) is 73.2 cm³/mol. The number of ether oxygens (including phenoxy) is 1. The second-order valence-corrected chi connectivity index (χ2v) is 6.17. The van der Waals surface area contributed by atoms with E-state index < -0.39 is 0 Å². The fourth-order valence-electron chi connectivity index (χ4n) is 2.00. The van der Waals surface area contributed by atoms with Gasteiger partial charge in [0, 0.05) is 17.5 Å². The van der Waals surface area contributed by atoms with Crippen LogP contribution in [0.4, 0.5) is 0 Å². The Labute approximate surface area is 105 Å². The largest absolute Gasteiger partial charge is 0.375 e. The summed E-state index contributed by atoms with van der Waals surface area (Å²) >= 11 is 2.03. The maximum absolute atomic E-state index is 5.89. The Kier molecular flexibility index (Phi) is 7.50. The first-order valence-electron chi connectivity index (χ1n) is 6.66. The van der Waals surface area contributed by atoms with E-state index in [1.807, 2.05) is 11.8 Å². The first-order chi connectivity index (χ1) is 7.74. The third-order valence-corrected chi connectivity index (χ3v) is 4.02. The van der Waals surface area contributed by atoms with Crippen LogP contribution in [0, 0.1) is 5.92 Å². The monoisotopic (exact) mass is 245 g/mol. The molecular weight excluding hydrogens is 218 g/mol. The van der Waals surface area contributed by atoms with E-state index in [0.717, 1.165) is 19.1 Å². The van der Waals surface area contributed by atoms with E-state index >= 15 is 0 Å². The lowest BCUT2D eigenvalue weighted by Gasteiger charge is -2.31. The number of rotatable bonds is 7. The van der Waals surface area contributed by atoms with Crippen molar-refractivity contribution in [2.24, 2.45) is 5.92 Å². The Morgan fingerprint density at radius 1 is 1.38 bits per heavy atom. The summed E-state index contributed by atoms with van der Waals surface area (Å²) in [5.41, 5.74) is 0. The molecule has 0 spiro atoms. The van der Waals surface area contributed by atoms with Gasteiger partial charge < -0.3 is 10.1 Å². The van der Waals surface area contributed by atoms with Crippen molar-refractivity contribution < 1.29 is 4.74 Å². The Morgan fingerprint density at radius 3 is 2.75 bits per heavy atom. The highest BCUT2D eigenvalue weighted by atomic mass is 32.2. The molecule has 1 aliphatic heterocycles. The molecule has 0 aromatic rings. The van der Waals surface area contributed by atoms with E-state index in [2.05, 4.69) is 26.1 Å². The average molecular weight is 245 g/mol. The summed E-state index contributed by atoms with van der Waals surface area (Å²) in [7, 11) is 0. The second-order valence-electron chi connectivity index (χ2n) is 5.02. The lowest BCUT2D eigenvalue weighted by atomic mass is 10.00. The van der Waals surface area contributed by atoms with Crippen molar-refractivity contribution in [1.29, 1.82) is 0 Å². The zero-order chi connectivity index (χ0) is 11.8. The molecule has 3 heteroatoms. The van der Waals surface area contributed by atoms with Crippen LogP contribution in [0.3, 0.4) is 0 Å². The van der Waals surface area contributed by atoms with Crippen LogP contribution < -0.4 is 5.32 Å². The summed E-state index contributed by atoms with van der Waals surface area (Å²) in [6.45, 7) is 8.87. The molecule has 96 valence electrons. The predicted octanol–water partition coefficient (Wildman–Crippen LogP) is 2.92. The molecule has 0 aromatic heterocycles. The van der Waals surface area contributed by atoms with E-state index in [9.17, 15) is 0 Å². The highest BCUT2D eigenvalue weighted by molar-refractivity contribution is 7.99. The van der Waals surface area contributed by atoms with Crippen LogP contribution >= 0.6 is 11.8 Å². The number of hydrogen-bond acceptors (Lipinski definition) is 3. The zero-order valence-corrected chi connectivity index (χ0v) is 11.8. The number of hydrogen-bond donors (Lipinski definition) is 1. The van der Waals surface area contributed by atoms with Gasteiger partial charge in [0.25, 0.3) is 0 Å². The third kappa shape index (κ3) is 5.55.